The van der Waals surface area contributed by atoms with Crippen LogP contribution in [-0.2, 0) is 4.74 Å². The third-order valence-electron chi connectivity index (χ3n) is 2.12. The lowest BCUT2D eigenvalue weighted by Crippen LogP contribution is -2.16. The van der Waals surface area contributed by atoms with Crippen LogP contribution in [0.4, 0.5) is 0 Å². The molecular weight excluding hydrogens is 150 g/mol. The summed E-state index contributed by atoms with van der Waals surface area (Å²) in [6.07, 6.45) is 7.00. The van der Waals surface area contributed by atoms with E-state index in [1.54, 1.807) is 0 Å². The molecule has 1 aliphatic heterocycles. The van der Waals surface area contributed by atoms with E-state index < -0.39 is 0 Å². The van der Waals surface area contributed by atoms with Crippen LogP contribution in [0.15, 0.2) is 12.2 Å². The van der Waals surface area contributed by atoms with Gasteiger partial charge in [-0.3, -0.25) is 0 Å². The molecule has 2 nitrogen and oxygen atoms in total. The first kappa shape index (κ1) is 9.75. The number of likely N-dealkylation sites (N-methyl/N-ethyl adjacent to an activating group) is 1. The van der Waals surface area contributed by atoms with Crippen LogP contribution in [0.5, 0.6) is 0 Å². The average Bonchev–Trinajstić information content (AvgIpc) is 2.14. The molecule has 0 spiro atoms. The van der Waals surface area contributed by atoms with Gasteiger partial charge >= 0.3 is 0 Å². The topological polar surface area (TPSA) is 21.3 Å². The van der Waals surface area contributed by atoms with Crippen molar-refractivity contribution in [1.29, 1.82) is 0 Å². The van der Waals surface area contributed by atoms with Gasteiger partial charge in [-0.05, 0) is 19.4 Å². The summed E-state index contributed by atoms with van der Waals surface area (Å²) in [5, 5.41) is 3.26. The maximum atomic E-state index is 5.37. The summed E-state index contributed by atoms with van der Waals surface area (Å²) in [5.41, 5.74) is 0. The lowest BCUT2D eigenvalue weighted by molar-refractivity contribution is 0.0709. The minimum absolute atomic E-state index is 0.664. The van der Waals surface area contributed by atoms with Gasteiger partial charge in [0.25, 0.3) is 0 Å². The van der Waals surface area contributed by atoms with Crippen LogP contribution in [0.3, 0.4) is 0 Å². The zero-order valence-corrected chi connectivity index (χ0v) is 7.88. The molecule has 0 radical (unpaired) electrons. The summed E-state index contributed by atoms with van der Waals surface area (Å²) < 4.78 is 5.37. The highest BCUT2D eigenvalue weighted by Gasteiger charge is 2.09. The van der Waals surface area contributed by atoms with Crippen LogP contribution in [0.25, 0.3) is 0 Å². The molecule has 0 aromatic heterocycles. The predicted molar refractivity (Wildman–Crippen MR) is 51.2 cm³/mol. The molecule has 0 amide bonds. The minimum Gasteiger partial charge on any atom is -0.381 e. The fraction of sp³-hybridized carbons (Fsp3) is 0.800. The van der Waals surface area contributed by atoms with Gasteiger partial charge in [0.05, 0.1) is 6.61 Å². The zero-order chi connectivity index (χ0) is 8.65. The van der Waals surface area contributed by atoms with Gasteiger partial charge in [-0.15, -0.1) is 0 Å². The second-order valence-electron chi connectivity index (χ2n) is 3.21. The van der Waals surface area contributed by atoms with Crippen molar-refractivity contribution in [3.63, 3.8) is 0 Å². The van der Waals surface area contributed by atoms with Crippen LogP contribution in [0.2, 0.25) is 0 Å². The van der Waals surface area contributed by atoms with Crippen LogP contribution in [0.1, 0.15) is 19.8 Å². The van der Waals surface area contributed by atoms with Crippen molar-refractivity contribution < 1.29 is 4.74 Å². The van der Waals surface area contributed by atoms with Crippen LogP contribution in [0, 0.1) is 5.92 Å². The quantitative estimate of drug-likeness (QED) is 0.509. The van der Waals surface area contributed by atoms with E-state index in [1.807, 2.05) is 0 Å². The Hall–Kier alpha value is -0.340. The van der Waals surface area contributed by atoms with E-state index in [4.69, 9.17) is 4.74 Å². The molecule has 2 heteroatoms. The molecule has 1 fully saturated rings. The molecule has 70 valence electrons. The zero-order valence-electron chi connectivity index (χ0n) is 7.88. The summed E-state index contributed by atoms with van der Waals surface area (Å²) in [5.74, 6) is 0.664. The lowest BCUT2D eigenvalue weighted by atomic mass is 10.0. The smallest absolute Gasteiger partial charge is 0.0528 e. The molecule has 1 heterocycles. The standard InChI is InChI=1S/C10H19NO/c1-2-11-7-3-5-10-6-4-8-12-9-10/h3,5,10-11H,2,4,6-9H2,1H3. The normalized spacial score (nSPS) is 24.9. The van der Waals surface area contributed by atoms with Gasteiger partial charge in [0, 0.05) is 19.1 Å². The Morgan fingerprint density at radius 2 is 2.50 bits per heavy atom. The molecular formula is C10H19NO. The second-order valence-corrected chi connectivity index (χ2v) is 3.21. The summed E-state index contributed by atoms with van der Waals surface area (Å²) in [6, 6.07) is 0. The Morgan fingerprint density at radius 3 is 3.17 bits per heavy atom. The number of hydrogen-bond donors (Lipinski definition) is 1. The molecule has 0 saturated carbocycles. The fourth-order valence-electron chi connectivity index (χ4n) is 1.41. The van der Waals surface area contributed by atoms with E-state index in [1.165, 1.54) is 12.8 Å². The monoisotopic (exact) mass is 169 g/mol. The number of hydrogen-bond acceptors (Lipinski definition) is 2. The highest BCUT2D eigenvalue weighted by atomic mass is 16.5. The van der Waals surface area contributed by atoms with Crippen molar-refractivity contribution in [3.8, 4) is 0 Å². The van der Waals surface area contributed by atoms with Crippen LogP contribution < -0.4 is 5.32 Å². The van der Waals surface area contributed by atoms with E-state index in [2.05, 4.69) is 24.4 Å². The number of rotatable bonds is 4. The van der Waals surface area contributed by atoms with E-state index >= 15 is 0 Å². The first-order chi connectivity index (χ1) is 5.93. The third-order valence-corrected chi connectivity index (χ3v) is 2.12. The maximum absolute atomic E-state index is 5.37. The van der Waals surface area contributed by atoms with Gasteiger partial charge in [0.1, 0.15) is 0 Å². The Labute approximate surface area is 75.0 Å². The van der Waals surface area contributed by atoms with Gasteiger partial charge in [-0.2, -0.15) is 0 Å². The molecule has 1 saturated heterocycles. The number of nitrogens with one attached hydrogen (secondary N) is 1. The lowest BCUT2D eigenvalue weighted by Gasteiger charge is -2.18. The third kappa shape index (κ3) is 3.88. The van der Waals surface area contributed by atoms with Gasteiger partial charge in [0.15, 0.2) is 0 Å². The molecule has 12 heavy (non-hydrogen) atoms. The molecule has 0 aliphatic carbocycles. The predicted octanol–water partition coefficient (Wildman–Crippen LogP) is 1.58. The molecule has 1 rings (SSSR count). The molecule has 1 atom stereocenters. The number of ether oxygens (including phenoxy) is 1. The van der Waals surface area contributed by atoms with Crippen molar-refractivity contribution in [2.75, 3.05) is 26.3 Å². The average molecular weight is 169 g/mol. The summed E-state index contributed by atoms with van der Waals surface area (Å²) in [6.45, 7) is 6.04. The molecule has 1 unspecified atom stereocenters. The molecule has 0 aromatic carbocycles. The minimum atomic E-state index is 0.664. The summed E-state index contributed by atoms with van der Waals surface area (Å²) >= 11 is 0. The first-order valence-corrected chi connectivity index (χ1v) is 4.88. The van der Waals surface area contributed by atoms with Crippen molar-refractivity contribution in [1.82, 2.24) is 5.32 Å². The van der Waals surface area contributed by atoms with Gasteiger partial charge in [0.2, 0.25) is 0 Å². The molecule has 1 aliphatic rings. The molecule has 0 bridgehead atoms. The van der Waals surface area contributed by atoms with Crippen molar-refractivity contribution in [3.05, 3.63) is 12.2 Å². The Balaban J connectivity index is 2.07. The van der Waals surface area contributed by atoms with Gasteiger partial charge in [-0.1, -0.05) is 19.1 Å². The van der Waals surface area contributed by atoms with Gasteiger partial charge in [-0.25, -0.2) is 0 Å². The maximum Gasteiger partial charge on any atom is 0.0528 e. The Kier molecular flexibility index (Phi) is 5.04. The van der Waals surface area contributed by atoms with E-state index in [9.17, 15) is 0 Å². The van der Waals surface area contributed by atoms with Crippen molar-refractivity contribution in [2.24, 2.45) is 5.92 Å². The van der Waals surface area contributed by atoms with Crippen LogP contribution in [-0.4, -0.2) is 26.3 Å². The first-order valence-electron chi connectivity index (χ1n) is 4.88. The van der Waals surface area contributed by atoms with Gasteiger partial charge < -0.3 is 10.1 Å². The highest BCUT2D eigenvalue weighted by Crippen LogP contribution is 2.13. The molecule has 1 N–H and O–H groups in total. The largest absolute Gasteiger partial charge is 0.381 e. The van der Waals surface area contributed by atoms with Crippen molar-refractivity contribution >= 4 is 0 Å². The van der Waals surface area contributed by atoms with E-state index in [0.717, 1.165) is 26.3 Å². The van der Waals surface area contributed by atoms with Crippen LogP contribution >= 0.6 is 0 Å². The SMILES string of the molecule is CCNCC=CC1CCCOC1. The van der Waals surface area contributed by atoms with Crippen molar-refractivity contribution in [2.45, 2.75) is 19.8 Å². The van der Waals surface area contributed by atoms with E-state index in [0.29, 0.717) is 5.92 Å². The summed E-state index contributed by atoms with van der Waals surface area (Å²) in [4.78, 5) is 0. The fourth-order valence-corrected chi connectivity index (χ4v) is 1.41. The second kappa shape index (κ2) is 6.21. The Morgan fingerprint density at radius 1 is 1.58 bits per heavy atom. The molecule has 0 aromatic rings. The highest BCUT2D eigenvalue weighted by molar-refractivity contribution is 4.90. The summed E-state index contributed by atoms with van der Waals surface area (Å²) in [7, 11) is 0. The Bertz CT molecular complexity index is 128. The van der Waals surface area contributed by atoms with E-state index in [-0.39, 0.29) is 0 Å².